The molecule has 3 rings (SSSR count). The molecule has 1 aromatic carbocycles. The van der Waals surface area contributed by atoms with Gasteiger partial charge in [0.25, 0.3) is 0 Å². The van der Waals surface area contributed by atoms with Crippen molar-refractivity contribution in [2.45, 2.75) is 31.2 Å². The van der Waals surface area contributed by atoms with Crippen molar-refractivity contribution in [3.63, 3.8) is 0 Å². The molecule has 0 radical (unpaired) electrons. The molecule has 5 heteroatoms. The Morgan fingerprint density at radius 2 is 2.00 bits per heavy atom. The number of thioether (sulfide) groups is 1. The molecule has 2 heterocycles. The number of aryl methyl sites for hydroxylation is 2. The Kier molecular flexibility index (Phi) is 4.24. The van der Waals surface area contributed by atoms with Crippen LogP contribution in [-0.2, 0) is 0 Å². The number of thiazole rings is 1. The van der Waals surface area contributed by atoms with Gasteiger partial charge in [0.05, 0.1) is 10.2 Å². The van der Waals surface area contributed by atoms with Crippen LogP contribution in [0.4, 0.5) is 5.69 Å². The van der Waals surface area contributed by atoms with Gasteiger partial charge in [-0.05, 0) is 56.9 Å². The van der Waals surface area contributed by atoms with Gasteiger partial charge >= 0.3 is 0 Å². The number of nitrogens with zero attached hydrogens (tertiary/aromatic N) is 1. The van der Waals surface area contributed by atoms with Gasteiger partial charge in [0.2, 0.25) is 0 Å². The van der Waals surface area contributed by atoms with Gasteiger partial charge in [-0.25, -0.2) is 4.98 Å². The van der Waals surface area contributed by atoms with E-state index in [0.29, 0.717) is 6.04 Å². The van der Waals surface area contributed by atoms with Crippen molar-refractivity contribution in [1.82, 2.24) is 4.98 Å². The van der Waals surface area contributed by atoms with Crippen LogP contribution in [0.25, 0.3) is 10.2 Å². The van der Waals surface area contributed by atoms with Crippen LogP contribution in [0, 0.1) is 13.8 Å². The van der Waals surface area contributed by atoms with Crippen LogP contribution in [0.5, 0.6) is 0 Å². The lowest BCUT2D eigenvalue weighted by Gasteiger charge is -2.15. The summed E-state index contributed by atoms with van der Waals surface area (Å²) in [5.41, 5.74) is 3.64. The number of anilines is 1. The molecule has 0 amide bonds. The largest absolute Gasteiger partial charge is 0.378 e. The summed E-state index contributed by atoms with van der Waals surface area (Å²) in [6.45, 7) is 6.59. The quantitative estimate of drug-likeness (QED) is 0.604. The Morgan fingerprint density at radius 3 is 2.67 bits per heavy atom. The van der Waals surface area contributed by atoms with E-state index in [1.54, 1.807) is 23.1 Å². The fourth-order valence-corrected chi connectivity index (χ4v) is 5.04. The molecule has 1 atom stereocenters. The van der Waals surface area contributed by atoms with E-state index >= 15 is 0 Å². The number of rotatable bonds is 4. The van der Waals surface area contributed by atoms with E-state index in [0.717, 1.165) is 15.5 Å². The molecule has 0 aliphatic heterocycles. The van der Waals surface area contributed by atoms with E-state index in [4.69, 9.17) is 0 Å². The van der Waals surface area contributed by atoms with Gasteiger partial charge in [-0.1, -0.05) is 11.8 Å². The molecule has 0 bridgehead atoms. The van der Waals surface area contributed by atoms with Crippen LogP contribution >= 0.6 is 34.4 Å². The Labute approximate surface area is 137 Å². The summed E-state index contributed by atoms with van der Waals surface area (Å²) in [5.74, 6) is 0. The van der Waals surface area contributed by atoms with Gasteiger partial charge in [0.15, 0.2) is 4.34 Å². The van der Waals surface area contributed by atoms with Crippen LogP contribution in [0.1, 0.15) is 28.3 Å². The minimum atomic E-state index is 0.320. The summed E-state index contributed by atoms with van der Waals surface area (Å²) in [6.07, 6.45) is 2.07. The number of hydrogen-bond acceptors (Lipinski definition) is 5. The van der Waals surface area contributed by atoms with E-state index in [1.165, 1.54) is 20.0 Å². The van der Waals surface area contributed by atoms with Crippen LogP contribution in [0.15, 0.2) is 28.6 Å². The first-order valence-electron chi connectivity index (χ1n) is 6.85. The molecule has 1 unspecified atom stereocenters. The third-order valence-electron chi connectivity index (χ3n) is 3.47. The van der Waals surface area contributed by atoms with Gasteiger partial charge in [0.1, 0.15) is 0 Å². The molecule has 0 saturated heterocycles. The Hall–Kier alpha value is -1.04. The van der Waals surface area contributed by atoms with Crippen molar-refractivity contribution in [3.8, 4) is 0 Å². The number of hydrogen-bond donors (Lipinski definition) is 1. The molecule has 0 spiro atoms. The molecule has 0 aliphatic carbocycles. The lowest BCUT2D eigenvalue weighted by molar-refractivity contribution is 0.882. The highest BCUT2D eigenvalue weighted by molar-refractivity contribution is 8.00. The maximum Gasteiger partial charge on any atom is 0.150 e. The highest BCUT2D eigenvalue weighted by Crippen LogP contribution is 2.32. The second-order valence-corrected chi connectivity index (χ2v) is 8.65. The van der Waals surface area contributed by atoms with Crippen molar-refractivity contribution in [3.05, 3.63) is 39.6 Å². The second kappa shape index (κ2) is 5.99. The van der Waals surface area contributed by atoms with Gasteiger partial charge in [-0.2, -0.15) is 0 Å². The van der Waals surface area contributed by atoms with Gasteiger partial charge in [-0.15, -0.1) is 22.7 Å². The predicted molar refractivity (Wildman–Crippen MR) is 97.2 cm³/mol. The molecule has 0 fully saturated rings. The van der Waals surface area contributed by atoms with Crippen molar-refractivity contribution in [2.75, 3.05) is 11.6 Å². The summed E-state index contributed by atoms with van der Waals surface area (Å²) in [4.78, 5) is 7.36. The number of thiophene rings is 1. The van der Waals surface area contributed by atoms with Gasteiger partial charge < -0.3 is 5.32 Å². The van der Waals surface area contributed by atoms with Crippen molar-refractivity contribution in [1.29, 1.82) is 0 Å². The first-order valence-corrected chi connectivity index (χ1v) is 9.70. The molecule has 0 saturated carbocycles. The van der Waals surface area contributed by atoms with E-state index in [-0.39, 0.29) is 0 Å². The first kappa shape index (κ1) is 14.9. The second-order valence-electron chi connectivity index (χ2n) is 5.10. The number of nitrogens with one attached hydrogen (secondary N) is 1. The first-order chi connectivity index (χ1) is 10.1. The zero-order valence-corrected chi connectivity index (χ0v) is 15.0. The molecular weight excluding hydrogens is 316 g/mol. The van der Waals surface area contributed by atoms with Crippen LogP contribution in [0.3, 0.4) is 0 Å². The molecule has 2 aromatic heterocycles. The van der Waals surface area contributed by atoms with Crippen molar-refractivity contribution < 1.29 is 0 Å². The standard InChI is InChI=1S/C16H18N2S3/c1-9-7-13(11(3)20-9)10(2)17-12-5-6-14-15(8-12)21-16(18-14)19-4/h5-8,10,17H,1-4H3. The van der Waals surface area contributed by atoms with E-state index in [2.05, 4.69) is 61.6 Å². The van der Waals surface area contributed by atoms with E-state index in [1.807, 2.05) is 11.3 Å². The van der Waals surface area contributed by atoms with Crippen molar-refractivity contribution >= 4 is 50.3 Å². The van der Waals surface area contributed by atoms with E-state index < -0.39 is 0 Å². The molecule has 1 N–H and O–H groups in total. The lowest BCUT2D eigenvalue weighted by Crippen LogP contribution is -2.06. The van der Waals surface area contributed by atoms with Crippen LogP contribution in [-0.4, -0.2) is 11.2 Å². The average Bonchev–Trinajstić information content (AvgIpc) is 3.00. The fourth-order valence-electron chi connectivity index (χ4n) is 2.49. The number of benzene rings is 1. The molecule has 21 heavy (non-hydrogen) atoms. The maximum atomic E-state index is 4.58. The SMILES string of the molecule is CSc1nc2ccc(NC(C)c3cc(C)sc3C)cc2s1. The predicted octanol–water partition coefficient (Wildman–Crippen LogP) is 5.87. The highest BCUT2D eigenvalue weighted by Gasteiger charge is 2.12. The monoisotopic (exact) mass is 334 g/mol. The third-order valence-corrected chi connectivity index (χ3v) is 6.46. The molecular formula is C16H18N2S3. The number of fused-ring (bicyclic) bond motifs is 1. The zero-order chi connectivity index (χ0) is 15.0. The van der Waals surface area contributed by atoms with Crippen LogP contribution < -0.4 is 5.32 Å². The number of aromatic nitrogens is 1. The smallest absolute Gasteiger partial charge is 0.150 e. The maximum absolute atomic E-state index is 4.58. The Morgan fingerprint density at radius 1 is 1.19 bits per heavy atom. The summed E-state index contributed by atoms with van der Waals surface area (Å²) in [7, 11) is 0. The highest BCUT2D eigenvalue weighted by atomic mass is 32.2. The van der Waals surface area contributed by atoms with Gasteiger partial charge in [0, 0.05) is 21.5 Å². The van der Waals surface area contributed by atoms with E-state index in [9.17, 15) is 0 Å². The lowest BCUT2D eigenvalue weighted by atomic mass is 10.1. The van der Waals surface area contributed by atoms with Crippen molar-refractivity contribution in [2.24, 2.45) is 0 Å². The Bertz CT molecular complexity index is 773. The molecule has 2 nitrogen and oxygen atoms in total. The molecule has 110 valence electrons. The minimum absolute atomic E-state index is 0.320. The topological polar surface area (TPSA) is 24.9 Å². The normalized spacial score (nSPS) is 12.8. The summed E-state index contributed by atoms with van der Waals surface area (Å²) >= 11 is 5.33. The molecule has 3 aromatic rings. The third kappa shape index (κ3) is 3.10. The summed E-state index contributed by atoms with van der Waals surface area (Å²) in [6, 6.07) is 9.04. The van der Waals surface area contributed by atoms with Crippen LogP contribution in [0.2, 0.25) is 0 Å². The Balaban J connectivity index is 1.85. The fraction of sp³-hybridized carbons (Fsp3) is 0.312. The average molecular weight is 335 g/mol. The minimum Gasteiger partial charge on any atom is -0.378 e. The summed E-state index contributed by atoms with van der Waals surface area (Å²) < 4.78 is 2.37. The molecule has 0 aliphatic rings. The zero-order valence-electron chi connectivity index (χ0n) is 12.6. The van der Waals surface area contributed by atoms with Gasteiger partial charge in [-0.3, -0.25) is 0 Å². The summed E-state index contributed by atoms with van der Waals surface area (Å²) in [5, 5.41) is 3.61.